The van der Waals surface area contributed by atoms with Crippen molar-refractivity contribution >= 4 is 12.2 Å². The van der Waals surface area contributed by atoms with Crippen LogP contribution in [0.25, 0.3) is 11.3 Å². The Morgan fingerprint density at radius 1 is 1.18 bits per heavy atom. The number of hydrogen-bond acceptors (Lipinski definition) is 4. The number of aromatic nitrogens is 2. The van der Waals surface area contributed by atoms with E-state index in [0.717, 1.165) is 22.8 Å². The van der Waals surface area contributed by atoms with Crippen molar-refractivity contribution in [2.45, 2.75) is 0 Å². The topological polar surface area (TPSA) is 47.1 Å². The van der Waals surface area contributed by atoms with Crippen molar-refractivity contribution < 1.29 is 9.47 Å². The van der Waals surface area contributed by atoms with Crippen molar-refractivity contribution in [3.8, 4) is 22.8 Å². The molecule has 1 aliphatic rings. The smallest absolute Gasteiger partial charge is 0.162 e. The number of aromatic amines is 1. The minimum atomic E-state index is 0.575. The highest BCUT2D eigenvalue weighted by Gasteiger charge is 2.13. The summed E-state index contributed by atoms with van der Waals surface area (Å²) in [6.07, 6.45) is 3.39. The molecule has 1 aromatic heterocycles. The molecule has 3 rings (SSSR count). The molecule has 5 heteroatoms. The molecule has 0 aliphatic carbocycles. The Balaban J connectivity index is 2.10. The largest absolute Gasteiger partial charge is 0.486 e. The Labute approximate surface area is 103 Å². The second-order valence-electron chi connectivity index (χ2n) is 3.63. The fraction of sp³-hybridized carbons (Fsp3) is 0.167. The van der Waals surface area contributed by atoms with Crippen LogP contribution in [0, 0.1) is 4.64 Å². The summed E-state index contributed by atoms with van der Waals surface area (Å²) in [4.78, 5) is 7.22. The Morgan fingerprint density at radius 2 is 2.00 bits per heavy atom. The monoisotopic (exact) mass is 246 g/mol. The molecule has 4 nitrogen and oxygen atoms in total. The van der Waals surface area contributed by atoms with Gasteiger partial charge in [-0.25, -0.2) is 0 Å². The summed E-state index contributed by atoms with van der Waals surface area (Å²) in [5.74, 6) is 1.51. The van der Waals surface area contributed by atoms with E-state index >= 15 is 0 Å². The van der Waals surface area contributed by atoms with E-state index in [1.165, 1.54) is 0 Å². The number of nitrogens with one attached hydrogen (secondary N) is 1. The highest BCUT2D eigenvalue weighted by molar-refractivity contribution is 7.71. The zero-order valence-electron chi connectivity index (χ0n) is 8.97. The maximum absolute atomic E-state index is 5.53. The van der Waals surface area contributed by atoms with Gasteiger partial charge in [-0.1, -0.05) is 12.2 Å². The first kappa shape index (κ1) is 10.3. The highest BCUT2D eigenvalue weighted by atomic mass is 32.1. The number of nitrogens with zero attached hydrogens (tertiary/aromatic N) is 1. The number of fused-ring (bicyclic) bond motifs is 1. The van der Waals surface area contributed by atoms with Crippen LogP contribution in [-0.2, 0) is 0 Å². The van der Waals surface area contributed by atoms with Gasteiger partial charge in [0.25, 0.3) is 0 Å². The van der Waals surface area contributed by atoms with E-state index < -0.39 is 0 Å². The molecule has 1 aliphatic heterocycles. The van der Waals surface area contributed by atoms with Crippen molar-refractivity contribution in [2.75, 3.05) is 13.2 Å². The van der Waals surface area contributed by atoms with Gasteiger partial charge < -0.3 is 14.5 Å². The minimum Gasteiger partial charge on any atom is -0.486 e. The van der Waals surface area contributed by atoms with Crippen LogP contribution in [0.3, 0.4) is 0 Å². The van der Waals surface area contributed by atoms with Gasteiger partial charge in [0.15, 0.2) is 11.5 Å². The van der Waals surface area contributed by atoms with Crippen LogP contribution in [0.2, 0.25) is 0 Å². The lowest BCUT2D eigenvalue weighted by Crippen LogP contribution is -2.15. The van der Waals surface area contributed by atoms with Gasteiger partial charge in [0.1, 0.15) is 23.5 Å². The molecule has 1 N–H and O–H groups in total. The van der Waals surface area contributed by atoms with Gasteiger partial charge in [-0.3, -0.25) is 4.98 Å². The molecule has 2 heterocycles. The first-order valence-corrected chi connectivity index (χ1v) is 5.69. The van der Waals surface area contributed by atoms with Gasteiger partial charge in [0, 0.05) is 18.0 Å². The summed E-state index contributed by atoms with van der Waals surface area (Å²) in [7, 11) is 0. The van der Waals surface area contributed by atoms with E-state index in [-0.39, 0.29) is 0 Å². The predicted molar refractivity (Wildman–Crippen MR) is 65.8 cm³/mol. The van der Waals surface area contributed by atoms with Crippen LogP contribution in [0.5, 0.6) is 11.5 Å². The maximum Gasteiger partial charge on any atom is 0.162 e. The lowest BCUT2D eigenvalue weighted by Gasteiger charge is -2.18. The molecule has 0 saturated heterocycles. The Kier molecular flexibility index (Phi) is 2.53. The average Bonchev–Trinajstić information content (AvgIpc) is 2.39. The zero-order chi connectivity index (χ0) is 11.7. The molecule has 0 spiro atoms. The molecule has 0 radical (unpaired) electrons. The second kappa shape index (κ2) is 4.18. The molecule has 17 heavy (non-hydrogen) atoms. The summed E-state index contributed by atoms with van der Waals surface area (Å²) < 4.78 is 11.6. The number of H-pyrrole nitrogens is 1. The molecule has 86 valence electrons. The molecule has 1 aromatic carbocycles. The standard InChI is InChI=1S/C12H10N2O2S/c17-12-11(13-3-4-14-12)8-1-2-9-10(7-8)16-6-5-15-9/h1-4,7H,5-6H2,(H,14,17). The molecule has 2 aromatic rings. The molecule has 0 saturated carbocycles. The third-order valence-corrected chi connectivity index (χ3v) is 2.83. The van der Waals surface area contributed by atoms with Gasteiger partial charge in [-0.2, -0.15) is 0 Å². The van der Waals surface area contributed by atoms with Gasteiger partial charge in [0.05, 0.1) is 0 Å². The van der Waals surface area contributed by atoms with E-state index in [4.69, 9.17) is 21.7 Å². The van der Waals surface area contributed by atoms with Crippen molar-refractivity contribution in [2.24, 2.45) is 0 Å². The first-order valence-electron chi connectivity index (χ1n) is 5.28. The Morgan fingerprint density at radius 3 is 2.82 bits per heavy atom. The molecule has 0 unspecified atom stereocenters. The maximum atomic E-state index is 5.53. The van der Waals surface area contributed by atoms with Crippen LogP contribution >= 0.6 is 12.2 Å². The highest BCUT2D eigenvalue weighted by Crippen LogP contribution is 2.33. The molecular formula is C12H10N2O2S. The van der Waals surface area contributed by atoms with Crippen molar-refractivity contribution in [1.82, 2.24) is 9.97 Å². The summed E-state index contributed by atoms with van der Waals surface area (Å²) in [5.41, 5.74) is 1.68. The lowest BCUT2D eigenvalue weighted by atomic mass is 10.1. The van der Waals surface area contributed by atoms with Crippen molar-refractivity contribution in [1.29, 1.82) is 0 Å². The summed E-state index contributed by atoms with van der Waals surface area (Å²) in [6, 6.07) is 5.72. The zero-order valence-corrected chi connectivity index (χ0v) is 9.79. The number of hydrogen-bond donors (Lipinski definition) is 1. The SMILES string of the molecule is S=c1[nH]ccnc1-c1ccc2c(c1)OCCO2. The number of ether oxygens (including phenoxy) is 2. The average molecular weight is 246 g/mol. The number of rotatable bonds is 1. The van der Waals surface area contributed by atoms with Crippen LogP contribution in [0.15, 0.2) is 30.6 Å². The fourth-order valence-corrected chi connectivity index (χ4v) is 1.99. The number of benzene rings is 1. The van der Waals surface area contributed by atoms with E-state index in [9.17, 15) is 0 Å². The quantitative estimate of drug-likeness (QED) is 0.786. The Bertz CT molecular complexity index is 609. The fourth-order valence-electron chi connectivity index (χ4n) is 1.75. The minimum absolute atomic E-state index is 0.575. The van der Waals surface area contributed by atoms with E-state index in [2.05, 4.69) is 9.97 Å². The summed E-state index contributed by atoms with van der Waals surface area (Å²) in [5, 5.41) is 0. The van der Waals surface area contributed by atoms with E-state index in [1.54, 1.807) is 12.4 Å². The molecule has 0 bridgehead atoms. The van der Waals surface area contributed by atoms with E-state index in [0.29, 0.717) is 17.9 Å². The third kappa shape index (κ3) is 1.89. The second-order valence-corrected chi connectivity index (χ2v) is 4.03. The van der Waals surface area contributed by atoms with Gasteiger partial charge in [-0.05, 0) is 18.2 Å². The lowest BCUT2D eigenvalue weighted by molar-refractivity contribution is 0.171. The van der Waals surface area contributed by atoms with Crippen LogP contribution in [-0.4, -0.2) is 23.2 Å². The van der Waals surface area contributed by atoms with E-state index in [1.807, 2.05) is 18.2 Å². The molecular weight excluding hydrogens is 236 g/mol. The van der Waals surface area contributed by atoms with Gasteiger partial charge in [-0.15, -0.1) is 0 Å². The van der Waals surface area contributed by atoms with Crippen molar-refractivity contribution in [3.05, 3.63) is 35.2 Å². The molecule has 0 atom stereocenters. The van der Waals surface area contributed by atoms with Gasteiger partial charge in [0.2, 0.25) is 0 Å². The van der Waals surface area contributed by atoms with Gasteiger partial charge >= 0.3 is 0 Å². The van der Waals surface area contributed by atoms with Crippen LogP contribution in [0.4, 0.5) is 0 Å². The first-order chi connectivity index (χ1) is 8.34. The predicted octanol–water partition coefficient (Wildman–Crippen LogP) is 2.58. The summed E-state index contributed by atoms with van der Waals surface area (Å²) >= 11 is 5.20. The van der Waals surface area contributed by atoms with Crippen LogP contribution < -0.4 is 9.47 Å². The molecule has 0 fully saturated rings. The Hall–Kier alpha value is -1.88. The summed E-state index contributed by atoms with van der Waals surface area (Å²) in [6.45, 7) is 1.17. The van der Waals surface area contributed by atoms with Crippen molar-refractivity contribution in [3.63, 3.8) is 0 Å². The molecule has 0 amide bonds. The normalized spacial score (nSPS) is 13.4. The third-order valence-electron chi connectivity index (χ3n) is 2.52. The van der Waals surface area contributed by atoms with Crippen LogP contribution in [0.1, 0.15) is 0 Å².